The Morgan fingerprint density at radius 2 is 1.71 bits per heavy atom. The summed E-state index contributed by atoms with van der Waals surface area (Å²) in [5.41, 5.74) is 3.45. The number of rotatable bonds is 4. The first-order chi connectivity index (χ1) is 8.33. The van der Waals surface area contributed by atoms with Crippen LogP contribution < -0.4 is 0 Å². The molecular formula is C15H15ClO. The summed E-state index contributed by atoms with van der Waals surface area (Å²) < 4.78 is 0. The second-order valence-electron chi connectivity index (χ2n) is 3.96. The van der Waals surface area contributed by atoms with Gasteiger partial charge in [-0.2, -0.15) is 0 Å². The summed E-state index contributed by atoms with van der Waals surface area (Å²) in [6.07, 6.45) is 1.55. The molecule has 17 heavy (non-hydrogen) atoms. The molecule has 0 aliphatic rings. The SMILES string of the molecule is OCCCc1c(Cl)cccc1-c1ccccc1. The molecule has 0 aromatic heterocycles. The lowest BCUT2D eigenvalue weighted by atomic mass is 9.97. The van der Waals surface area contributed by atoms with Crippen LogP contribution in [0.1, 0.15) is 12.0 Å². The van der Waals surface area contributed by atoms with Crippen molar-refractivity contribution in [2.75, 3.05) is 6.61 Å². The Morgan fingerprint density at radius 3 is 2.41 bits per heavy atom. The van der Waals surface area contributed by atoms with Crippen molar-refractivity contribution in [3.63, 3.8) is 0 Å². The fourth-order valence-electron chi connectivity index (χ4n) is 1.96. The molecule has 88 valence electrons. The van der Waals surface area contributed by atoms with Gasteiger partial charge in [0, 0.05) is 11.6 Å². The van der Waals surface area contributed by atoms with Gasteiger partial charge in [-0.25, -0.2) is 0 Å². The van der Waals surface area contributed by atoms with Crippen molar-refractivity contribution < 1.29 is 5.11 Å². The second-order valence-corrected chi connectivity index (χ2v) is 4.37. The molecule has 0 saturated heterocycles. The summed E-state index contributed by atoms with van der Waals surface area (Å²) in [6, 6.07) is 16.1. The van der Waals surface area contributed by atoms with Gasteiger partial charge in [0.25, 0.3) is 0 Å². The standard InChI is InChI=1S/C15H15ClO/c16-15-10-4-8-13(14(15)9-5-11-17)12-6-2-1-3-7-12/h1-4,6-8,10,17H,5,9,11H2. The molecule has 0 unspecified atom stereocenters. The molecule has 2 aromatic carbocycles. The van der Waals surface area contributed by atoms with Crippen LogP contribution in [0.5, 0.6) is 0 Å². The number of aliphatic hydroxyl groups excluding tert-OH is 1. The molecule has 0 aliphatic carbocycles. The Balaban J connectivity index is 2.43. The summed E-state index contributed by atoms with van der Waals surface area (Å²) in [6.45, 7) is 0.194. The predicted octanol–water partition coefficient (Wildman–Crippen LogP) is 3.93. The maximum Gasteiger partial charge on any atom is 0.0444 e. The first kappa shape index (κ1) is 12.2. The molecule has 0 fully saturated rings. The minimum atomic E-state index is 0.194. The van der Waals surface area contributed by atoms with E-state index in [1.165, 1.54) is 5.56 Å². The van der Waals surface area contributed by atoms with E-state index in [4.69, 9.17) is 16.7 Å². The molecule has 0 amide bonds. The van der Waals surface area contributed by atoms with Gasteiger partial charge < -0.3 is 5.11 Å². The van der Waals surface area contributed by atoms with Gasteiger partial charge in [0.15, 0.2) is 0 Å². The van der Waals surface area contributed by atoms with E-state index in [0.717, 1.165) is 29.0 Å². The van der Waals surface area contributed by atoms with Crippen molar-refractivity contribution in [2.45, 2.75) is 12.8 Å². The molecule has 1 nitrogen and oxygen atoms in total. The molecule has 0 bridgehead atoms. The lowest BCUT2D eigenvalue weighted by molar-refractivity contribution is 0.288. The Labute approximate surface area is 107 Å². The molecule has 0 atom stereocenters. The monoisotopic (exact) mass is 246 g/mol. The third-order valence-electron chi connectivity index (χ3n) is 2.79. The Kier molecular flexibility index (Phi) is 4.18. The van der Waals surface area contributed by atoms with Gasteiger partial charge in [0.05, 0.1) is 0 Å². The lowest BCUT2D eigenvalue weighted by Crippen LogP contribution is -1.94. The number of hydrogen-bond acceptors (Lipinski definition) is 1. The Bertz CT molecular complexity index is 480. The van der Waals surface area contributed by atoms with E-state index in [9.17, 15) is 0 Å². The molecular weight excluding hydrogens is 232 g/mol. The van der Waals surface area contributed by atoms with Gasteiger partial charge in [0.2, 0.25) is 0 Å². The molecule has 0 aliphatic heterocycles. The summed E-state index contributed by atoms with van der Waals surface area (Å²) in [5, 5.41) is 9.71. The third kappa shape index (κ3) is 2.87. The van der Waals surface area contributed by atoms with Gasteiger partial charge in [-0.15, -0.1) is 0 Å². The van der Waals surface area contributed by atoms with Crippen molar-refractivity contribution in [1.82, 2.24) is 0 Å². The third-order valence-corrected chi connectivity index (χ3v) is 3.14. The van der Waals surface area contributed by atoms with Crippen molar-refractivity contribution in [3.8, 4) is 11.1 Å². The molecule has 0 radical (unpaired) electrons. The van der Waals surface area contributed by atoms with Crippen LogP contribution in [-0.4, -0.2) is 11.7 Å². The van der Waals surface area contributed by atoms with E-state index in [1.807, 2.05) is 30.3 Å². The zero-order valence-corrected chi connectivity index (χ0v) is 10.3. The highest BCUT2D eigenvalue weighted by Gasteiger charge is 2.08. The quantitative estimate of drug-likeness (QED) is 0.867. The van der Waals surface area contributed by atoms with Crippen LogP contribution in [0.3, 0.4) is 0 Å². The minimum absolute atomic E-state index is 0.194. The topological polar surface area (TPSA) is 20.2 Å². The van der Waals surface area contributed by atoms with Crippen LogP contribution >= 0.6 is 11.6 Å². The number of hydrogen-bond donors (Lipinski definition) is 1. The zero-order valence-electron chi connectivity index (χ0n) is 9.57. The van der Waals surface area contributed by atoms with Crippen LogP contribution in [0.15, 0.2) is 48.5 Å². The van der Waals surface area contributed by atoms with Crippen molar-refractivity contribution in [2.24, 2.45) is 0 Å². The van der Waals surface area contributed by atoms with Gasteiger partial charge in [-0.05, 0) is 35.6 Å². The van der Waals surface area contributed by atoms with Crippen molar-refractivity contribution in [3.05, 3.63) is 59.1 Å². The summed E-state index contributed by atoms with van der Waals surface area (Å²) >= 11 is 6.23. The van der Waals surface area contributed by atoms with E-state index in [-0.39, 0.29) is 6.61 Å². The maximum atomic E-state index is 8.94. The summed E-state index contributed by atoms with van der Waals surface area (Å²) in [4.78, 5) is 0. The first-order valence-electron chi connectivity index (χ1n) is 5.76. The van der Waals surface area contributed by atoms with E-state index in [1.54, 1.807) is 0 Å². The van der Waals surface area contributed by atoms with Gasteiger partial charge in [0.1, 0.15) is 0 Å². The normalized spacial score (nSPS) is 10.5. The second kappa shape index (κ2) is 5.85. The van der Waals surface area contributed by atoms with E-state index < -0.39 is 0 Å². The fraction of sp³-hybridized carbons (Fsp3) is 0.200. The van der Waals surface area contributed by atoms with Gasteiger partial charge in [-0.1, -0.05) is 54.1 Å². The van der Waals surface area contributed by atoms with Gasteiger partial charge in [-0.3, -0.25) is 0 Å². The van der Waals surface area contributed by atoms with Crippen LogP contribution in [0.25, 0.3) is 11.1 Å². The van der Waals surface area contributed by atoms with E-state index >= 15 is 0 Å². The van der Waals surface area contributed by atoms with Crippen LogP contribution in [0, 0.1) is 0 Å². The highest BCUT2D eigenvalue weighted by molar-refractivity contribution is 6.31. The smallest absolute Gasteiger partial charge is 0.0444 e. The average Bonchev–Trinajstić information content (AvgIpc) is 2.38. The zero-order chi connectivity index (χ0) is 12.1. The highest BCUT2D eigenvalue weighted by Crippen LogP contribution is 2.29. The van der Waals surface area contributed by atoms with Crippen LogP contribution in [0.4, 0.5) is 0 Å². The van der Waals surface area contributed by atoms with E-state index in [0.29, 0.717) is 0 Å². The maximum absolute atomic E-state index is 8.94. The fourth-order valence-corrected chi connectivity index (χ4v) is 2.23. The molecule has 2 rings (SSSR count). The average molecular weight is 247 g/mol. The van der Waals surface area contributed by atoms with Crippen LogP contribution in [0.2, 0.25) is 5.02 Å². The Hall–Kier alpha value is -1.31. The molecule has 0 heterocycles. The van der Waals surface area contributed by atoms with Crippen molar-refractivity contribution in [1.29, 1.82) is 0 Å². The highest BCUT2D eigenvalue weighted by atomic mass is 35.5. The molecule has 2 heteroatoms. The van der Waals surface area contributed by atoms with Crippen molar-refractivity contribution >= 4 is 11.6 Å². The molecule has 2 aromatic rings. The summed E-state index contributed by atoms with van der Waals surface area (Å²) in [5.74, 6) is 0. The minimum Gasteiger partial charge on any atom is -0.396 e. The molecule has 0 saturated carbocycles. The first-order valence-corrected chi connectivity index (χ1v) is 6.14. The molecule has 1 N–H and O–H groups in total. The predicted molar refractivity (Wildman–Crippen MR) is 72.3 cm³/mol. The summed E-state index contributed by atoms with van der Waals surface area (Å²) in [7, 11) is 0. The number of halogens is 1. The number of benzene rings is 2. The molecule has 0 spiro atoms. The van der Waals surface area contributed by atoms with E-state index in [2.05, 4.69) is 18.2 Å². The Morgan fingerprint density at radius 1 is 0.941 bits per heavy atom. The lowest BCUT2D eigenvalue weighted by Gasteiger charge is -2.11. The largest absolute Gasteiger partial charge is 0.396 e. The van der Waals surface area contributed by atoms with Crippen LogP contribution in [-0.2, 0) is 6.42 Å². The van der Waals surface area contributed by atoms with Gasteiger partial charge >= 0.3 is 0 Å². The number of aliphatic hydroxyl groups is 1.